The van der Waals surface area contributed by atoms with Crippen LogP contribution in [0.5, 0.6) is 5.75 Å². The summed E-state index contributed by atoms with van der Waals surface area (Å²) in [6.07, 6.45) is 0. The summed E-state index contributed by atoms with van der Waals surface area (Å²) in [6, 6.07) is 10.8. The van der Waals surface area contributed by atoms with Gasteiger partial charge in [0, 0.05) is 16.5 Å². The van der Waals surface area contributed by atoms with Crippen molar-refractivity contribution in [2.75, 3.05) is 7.11 Å². The molecule has 32 heavy (non-hydrogen) atoms. The van der Waals surface area contributed by atoms with Crippen LogP contribution in [0, 0.1) is 20.2 Å². The lowest BCUT2D eigenvalue weighted by molar-refractivity contribution is -0.386. The molecule has 0 aromatic heterocycles. The molecular weight excluding hydrogens is 424 g/mol. The van der Waals surface area contributed by atoms with Crippen molar-refractivity contribution in [3.05, 3.63) is 84.5 Å². The lowest BCUT2D eigenvalue weighted by Gasteiger charge is -2.17. The van der Waals surface area contributed by atoms with Crippen LogP contribution < -0.4 is 5.43 Å². The molecule has 1 heterocycles. The molecule has 0 atom stereocenters. The van der Waals surface area contributed by atoms with Crippen LogP contribution in [0.15, 0.2) is 57.7 Å². The first-order chi connectivity index (χ1) is 15.3. The molecule has 1 N–H and O–H groups in total. The number of nitrogens with zero attached hydrogens (tertiary/aromatic N) is 2. The number of esters is 1. The molecule has 2 aromatic carbocycles. The maximum absolute atomic E-state index is 12.4. The standard InChI is InChI=1S/C21H12N2O9/c1-31-21(26)11-5-3-2-4-10(11)16-12-6-8-14(24)17(22(27)28)19(12)32-20-13(16)7-9-15(25)18(20)23(29)30/h2-9,24H,1H3. The summed E-state index contributed by atoms with van der Waals surface area (Å²) in [5, 5.41) is 33.4. The van der Waals surface area contributed by atoms with Gasteiger partial charge in [-0.3, -0.25) is 25.0 Å². The molecule has 0 unspecified atom stereocenters. The number of nitro groups is 2. The van der Waals surface area contributed by atoms with E-state index in [9.17, 15) is 34.9 Å². The number of hydrogen-bond acceptors (Lipinski definition) is 9. The van der Waals surface area contributed by atoms with Gasteiger partial charge in [0.25, 0.3) is 5.43 Å². The normalized spacial score (nSPS) is 10.9. The Morgan fingerprint density at radius 3 is 2.31 bits per heavy atom. The largest absolute Gasteiger partial charge is 0.502 e. The Balaban J connectivity index is 2.31. The molecule has 0 radical (unpaired) electrons. The molecule has 160 valence electrons. The fraction of sp³-hybridized carbons (Fsp3) is 0.0476. The van der Waals surface area contributed by atoms with E-state index in [-0.39, 0.29) is 27.6 Å². The van der Waals surface area contributed by atoms with Gasteiger partial charge in [-0.2, -0.15) is 0 Å². The third-order valence-electron chi connectivity index (χ3n) is 4.91. The highest BCUT2D eigenvalue weighted by atomic mass is 16.6. The summed E-state index contributed by atoms with van der Waals surface area (Å²) in [4.78, 5) is 46.0. The maximum atomic E-state index is 12.4. The number of aromatic hydroxyl groups is 1. The van der Waals surface area contributed by atoms with E-state index in [1.54, 1.807) is 12.1 Å². The van der Waals surface area contributed by atoms with Crippen LogP contribution in [0.1, 0.15) is 10.4 Å². The highest BCUT2D eigenvalue weighted by Crippen LogP contribution is 2.47. The number of nitro benzene ring substituents is 2. The maximum Gasteiger partial charge on any atom is 0.358 e. The molecule has 0 bridgehead atoms. The van der Waals surface area contributed by atoms with Crippen LogP contribution >= 0.6 is 0 Å². The molecule has 11 nitrogen and oxygen atoms in total. The van der Waals surface area contributed by atoms with Crippen molar-refractivity contribution >= 4 is 28.3 Å². The Morgan fingerprint density at radius 2 is 1.66 bits per heavy atom. The van der Waals surface area contributed by atoms with Gasteiger partial charge in [0.2, 0.25) is 11.3 Å². The van der Waals surface area contributed by atoms with E-state index in [0.29, 0.717) is 0 Å². The van der Waals surface area contributed by atoms with E-state index < -0.39 is 49.7 Å². The van der Waals surface area contributed by atoms with E-state index in [4.69, 9.17) is 9.15 Å². The Kier molecular flexibility index (Phi) is 4.78. The highest BCUT2D eigenvalue weighted by molar-refractivity contribution is 6.10. The Bertz CT molecular complexity index is 1470. The lowest BCUT2D eigenvalue weighted by Crippen LogP contribution is -2.10. The molecule has 2 aromatic rings. The third-order valence-corrected chi connectivity index (χ3v) is 4.91. The van der Waals surface area contributed by atoms with Crippen LogP contribution in [0.3, 0.4) is 0 Å². The number of carbonyl (C=O) groups is 1. The van der Waals surface area contributed by atoms with E-state index in [2.05, 4.69) is 0 Å². The third kappa shape index (κ3) is 2.99. The van der Waals surface area contributed by atoms with Crippen LogP contribution in [0.2, 0.25) is 0 Å². The van der Waals surface area contributed by atoms with E-state index in [1.165, 1.54) is 31.4 Å². The first-order valence-electron chi connectivity index (χ1n) is 8.98. The van der Waals surface area contributed by atoms with E-state index in [1.807, 2.05) is 0 Å². The Labute approximate surface area is 177 Å². The SMILES string of the molecule is COC(=O)c1ccccc1-c1c2ccc(=O)c([N+](=O)[O-])c-2oc2c([N+](=O)[O-])c(O)ccc12. The van der Waals surface area contributed by atoms with Crippen molar-refractivity contribution in [3.8, 4) is 28.2 Å². The number of carbonyl (C=O) groups excluding carboxylic acids is 1. The molecule has 0 amide bonds. The van der Waals surface area contributed by atoms with Crippen LogP contribution in [0.4, 0.5) is 11.4 Å². The number of benzene rings is 3. The second kappa shape index (κ2) is 7.47. The van der Waals surface area contributed by atoms with Gasteiger partial charge in [-0.05, 0) is 35.9 Å². The smallest absolute Gasteiger partial charge is 0.358 e. The van der Waals surface area contributed by atoms with Crippen LogP contribution in [-0.2, 0) is 4.74 Å². The Hall–Kier alpha value is -4.80. The number of hydrogen-bond donors (Lipinski definition) is 1. The van der Waals surface area contributed by atoms with Crippen LogP contribution in [0.25, 0.3) is 33.4 Å². The topological polar surface area (TPSA) is 163 Å². The molecule has 1 aliphatic heterocycles. The number of ether oxygens (including phenoxy) is 1. The Morgan fingerprint density at radius 1 is 0.969 bits per heavy atom. The lowest BCUT2D eigenvalue weighted by atomic mass is 9.90. The number of phenolic OH excluding ortho intramolecular Hbond substituents is 1. The van der Waals surface area contributed by atoms with E-state index >= 15 is 0 Å². The van der Waals surface area contributed by atoms with Gasteiger partial charge >= 0.3 is 17.3 Å². The van der Waals surface area contributed by atoms with Gasteiger partial charge in [0.1, 0.15) is 0 Å². The summed E-state index contributed by atoms with van der Waals surface area (Å²) >= 11 is 0. The molecule has 0 saturated carbocycles. The molecular formula is C21H12N2O9. The number of rotatable bonds is 4. The van der Waals surface area contributed by atoms with Crippen molar-refractivity contribution in [2.45, 2.75) is 0 Å². The summed E-state index contributed by atoms with van der Waals surface area (Å²) in [5.41, 5.74) is -2.70. The molecule has 0 fully saturated rings. The zero-order valence-corrected chi connectivity index (χ0v) is 16.2. The first kappa shape index (κ1) is 20.5. The fourth-order valence-electron chi connectivity index (χ4n) is 3.59. The number of fused-ring (bicyclic) bond motifs is 2. The first-order valence-corrected chi connectivity index (χ1v) is 8.98. The molecule has 11 heteroatoms. The van der Waals surface area contributed by atoms with Crippen molar-refractivity contribution in [1.29, 1.82) is 0 Å². The molecule has 1 aliphatic carbocycles. The zero-order chi connectivity index (χ0) is 23.2. The van der Waals surface area contributed by atoms with Gasteiger partial charge in [-0.1, -0.05) is 18.2 Å². The predicted molar refractivity (Wildman–Crippen MR) is 111 cm³/mol. The second-order valence-electron chi connectivity index (χ2n) is 6.63. The monoisotopic (exact) mass is 436 g/mol. The number of methoxy groups -OCH3 is 1. The van der Waals surface area contributed by atoms with Gasteiger partial charge in [0.05, 0.1) is 22.5 Å². The number of phenols is 1. The van der Waals surface area contributed by atoms with Gasteiger partial charge < -0.3 is 14.3 Å². The summed E-state index contributed by atoms with van der Waals surface area (Å²) < 4.78 is 10.3. The minimum atomic E-state index is -0.972. The van der Waals surface area contributed by atoms with E-state index in [0.717, 1.165) is 12.1 Å². The summed E-state index contributed by atoms with van der Waals surface area (Å²) in [5.74, 6) is -1.98. The van der Waals surface area contributed by atoms with Gasteiger partial charge in [-0.25, -0.2) is 4.79 Å². The van der Waals surface area contributed by atoms with Gasteiger partial charge in [0.15, 0.2) is 5.75 Å². The van der Waals surface area contributed by atoms with Crippen molar-refractivity contribution in [1.82, 2.24) is 0 Å². The van der Waals surface area contributed by atoms with Crippen LogP contribution in [-0.4, -0.2) is 28.0 Å². The zero-order valence-electron chi connectivity index (χ0n) is 16.2. The fourth-order valence-corrected chi connectivity index (χ4v) is 3.59. The highest BCUT2D eigenvalue weighted by Gasteiger charge is 2.33. The average Bonchev–Trinajstić information content (AvgIpc) is 2.76. The summed E-state index contributed by atoms with van der Waals surface area (Å²) in [7, 11) is 1.17. The van der Waals surface area contributed by atoms with Crippen molar-refractivity contribution < 1.29 is 28.9 Å². The van der Waals surface area contributed by atoms with Crippen molar-refractivity contribution in [2.24, 2.45) is 0 Å². The molecule has 2 aliphatic rings. The minimum absolute atomic E-state index is 0.0696. The molecule has 0 spiro atoms. The summed E-state index contributed by atoms with van der Waals surface area (Å²) in [6.45, 7) is 0. The molecule has 4 rings (SSSR count). The average molecular weight is 436 g/mol. The van der Waals surface area contributed by atoms with Gasteiger partial charge in [-0.15, -0.1) is 0 Å². The quantitative estimate of drug-likeness (QED) is 0.216. The van der Waals surface area contributed by atoms with Crippen molar-refractivity contribution in [3.63, 3.8) is 0 Å². The predicted octanol–water partition coefficient (Wildman–Crippen LogP) is 3.87. The second-order valence-corrected chi connectivity index (χ2v) is 6.63. The minimum Gasteiger partial charge on any atom is -0.502 e. The molecule has 0 saturated heterocycles.